The molecule has 0 aliphatic heterocycles. The number of hydrogen-bond donors (Lipinski definition) is 5. The number of carboxylic acid groups (broad SMARTS) is 2. The molecule has 0 atom stereocenters. The summed E-state index contributed by atoms with van der Waals surface area (Å²) < 4.78 is 39.4. The Labute approximate surface area is 248 Å². The van der Waals surface area contributed by atoms with Crippen LogP contribution in [0.2, 0.25) is 0 Å². The van der Waals surface area contributed by atoms with Gasteiger partial charge >= 0.3 is 11.9 Å². The molecule has 0 radical (unpaired) electrons. The maximum absolute atomic E-state index is 12.2. The van der Waals surface area contributed by atoms with Crippen LogP contribution in [0.3, 0.4) is 0 Å². The molecule has 0 fully saturated rings. The second-order valence-electron chi connectivity index (χ2n) is 9.29. The summed E-state index contributed by atoms with van der Waals surface area (Å²) in [6.45, 7) is 0. The molecule has 0 unspecified atom stereocenters. The van der Waals surface area contributed by atoms with E-state index in [0.717, 1.165) is 6.07 Å². The van der Waals surface area contributed by atoms with Crippen molar-refractivity contribution in [1.82, 2.24) is 0 Å². The Morgan fingerprint density at radius 2 is 1.34 bits per heavy atom. The van der Waals surface area contributed by atoms with Crippen molar-refractivity contribution >= 4 is 72.0 Å². The summed E-state index contributed by atoms with van der Waals surface area (Å²) in [5.41, 5.74) is 5.80. The minimum absolute atomic E-state index is 0.0579. The predicted molar refractivity (Wildman–Crippen MR) is 159 cm³/mol. The Morgan fingerprint density at radius 1 is 0.727 bits per heavy atom. The van der Waals surface area contributed by atoms with Gasteiger partial charge in [0.05, 0.1) is 29.6 Å². The summed E-state index contributed by atoms with van der Waals surface area (Å²) in [4.78, 5) is 22.5. The number of phenolic OH excluding ortho intramolecular Hbond substituents is 1. The van der Waals surface area contributed by atoms with Crippen LogP contribution in [0, 0.1) is 0 Å². The van der Waals surface area contributed by atoms with Gasteiger partial charge in [0, 0.05) is 21.8 Å². The van der Waals surface area contributed by atoms with Gasteiger partial charge in [-0.2, -0.15) is 8.42 Å². The summed E-state index contributed by atoms with van der Waals surface area (Å²) in [5, 5.41) is 47.2. The number of rotatable bonds is 8. The standard InChI is InChI=1S/C29H21N5O9S/c1-43-24-9-4-16(29(38)39)11-23(24)33-31-22-8-7-21(18-6-3-15(28(36)37)10-20(18)22)32-34-26-25(44(40,41)42)12-14-2-5-17(30)13-19(14)27(26)35/h2-13,35H,30H2,1H3,(H,36,37)(H,38,39)(H,40,41,42). The van der Waals surface area contributed by atoms with Gasteiger partial charge in [-0.25, -0.2) is 9.59 Å². The minimum Gasteiger partial charge on any atom is -0.505 e. The molecule has 0 amide bonds. The van der Waals surface area contributed by atoms with E-state index >= 15 is 0 Å². The molecule has 0 saturated carbocycles. The van der Waals surface area contributed by atoms with Crippen LogP contribution in [0.15, 0.2) is 98.1 Å². The summed E-state index contributed by atoms with van der Waals surface area (Å²) in [7, 11) is -3.49. The van der Waals surface area contributed by atoms with E-state index in [1.54, 1.807) is 0 Å². The molecule has 0 aromatic heterocycles. The molecule has 0 spiro atoms. The lowest BCUT2D eigenvalue weighted by atomic mass is 10.0. The van der Waals surface area contributed by atoms with Crippen LogP contribution < -0.4 is 10.5 Å². The third kappa shape index (κ3) is 5.72. The van der Waals surface area contributed by atoms with Gasteiger partial charge in [-0.15, -0.1) is 20.5 Å². The Hall–Kier alpha value is -5.93. The number of nitrogens with two attached hydrogens (primary N) is 1. The van der Waals surface area contributed by atoms with E-state index in [4.69, 9.17) is 10.5 Å². The molecule has 222 valence electrons. The van der Waals surface area contributed by atoms with Gasteiger partial charge in [-0.1, -0.05) is 12.1 Å². The molecule has 0 aliphatic carbocycles. The van der Waals surface area contributed by atoms with E-state index in [1.165, 1.54) is 73.8 Å². The van der Waals surface area contributed by atoms with Crippen LogP contribution >= 0.6 is 0 Å². The molecule has 0 bridgehead atoms. The fraction of sp³-hybridized carbons (Fsp3) is 0.0345. The van der Waals surface area contributed by atoms with E-state index in [1.807, 2.05) is 0 Å². The zero-order valence-electron chi connectivity index (χ0n) is 22.5. The molecule has 5 aromatic carbocycles. The Balaban J connectivity index is 1.67. The first-order valence-electron chi connectivity index (χ1n) is 12.4. The molecular formula is C29H21N5O9S. The number of benzene rings is 5. The van der Waals surface area contributed by atoms with Crippen molar-refractivity contribution < 1.29 is 42.6 Å². The predicted octanol–water partition coefficient (Wildman–Crippen LogP) is 6.76. The lowest BCUT2D eigenvalue weighted by Crippen LogP contribution is -1.99. The first kappa shape index (κ1) is 29.6. The number of anilines is 1. The number of fused-ring (bicyclic) bond motifs is 2. The van der Waals surface area contributed by atoms with Crippen molar-refractivity contribution in [2.24, 2.45) is 20.5 Å². The fourth-order valence-corrected chi connectivity index (χ4v) is 5.05. The monoisotopic (exact) mass is 615 g/mol. The van der Waals surface area contributed by atoms with Gasteiger partial charge in [-0.05, 0) is 66.0 Å². The topological polar surface area (TPSA) is 234 Å². The zero-order valence-corrected chi connectivity index (χ0v) is 23.3. The first-order valence-corrected chi connectivity index (χ1v) is 13.9. The second kappa shape index (κ2) is 11.4. The Kier molecular flexibility index (Phi) is 7.65. The van der Waals surface area contributed by atoms with Crippen LogP contribution in [-0.2, 0) is 10.1 Å². The van der Waals surface area contributed by atoms with Crippen molar-refractivity contribution in [2.75, 3.05) is 12.8 Å². The molecule has 44 heavy (non-hydrogen) atoms. The largest absolute Gasteiger partial charge is 0.505 e. The van der Waals surface area contributed by atoms with Crippen LogP contribution in [0.25, 0.3) is 21.5 Å². The van der Waals surface area contributed by atoms with Crippen LogP contribution in [0.5, 0.6) is 11.5 Å². The highest BCUT2D eigenvalue weighted by Gasteiger charge is 2.22. The van der Waals surface area contributed by atoms with Crippen molar-refractivity contribution in [3.05, 3.63) is 83.9 Å². The maximum Gasteiger partial charge on any atom is 0.335 e. The van der Waals surface area contributed by atoms with E-state index in [-0.39, 0.29) is 55.8 Å². The molecule has 15 heteroatoms. The highest BCUT2D eigenvalue weighted by atomic mass is 32.2. The third-order valence-corrected chi connectivity index (χ3v) is 7.39. The number of methoxy groups -OCH3 is 1. The van der Waals surface area contributed by atoms with Crippen LogP contribution in [0.1, 0.15) is 20.7 Å². The molecular weight excluding hydrogens is 594 g/mol. The number of azo groups is 2. The SMILES string of the molecule is COc1ccc(C(=O)O)cc1N=Nc1ccc(N=Nc2c(S(=O)(=O)O)cc3ccc(N)cc3c2O)c2ccc(C(=O)O)cc12. The first-order chi connectivity index (χ1) is 20.9. The number of carbonyl (C=O) groups is 2. The highest BCUT2D eigenvalue weighted by molar-refractivity contribution is 7.86. The summed E-state index contributed by atoms with van der Waals surface area (Å²) >= 11 is 0. The molecule has 6 N–H and O–H groups in total. The Morgan fingerprint density at radius 3 is 2.00 bits per heavy atom. The Bertz CT molecular complexity index is 2180. The van der Waals surface area contributed by atoms with Gasteiger partial charge in [0.1, 0.15) is 22.0 Å². The molecule has 14 nitrogen and oxygen atoms in total. The molecule has 0 aliphatic rings. The van der Waals surface area contributed by atoms with Gasteiger partial charge in [-0.3, -0.25) is 4.55 Å². The lowest BCUT2D eigenvalue weighted by molar-refractivity contribution is 0.0686. The van der Waals surface area contributed by atoms with E-state index in [0.29, 0.717) is 5.39 Å². The van der Waals surface area contributed by atoms with Gasteiger partial charge in [0.15, 0.2) is 5.75 Å². The zero-order chi connectivity index (χ0) is 31.8. The van der Waals surface area contributed by atoms with E-state index in [9.17, 15) is 37.9 Å². The van der Waals surface area contributed by atoms with E-state index < -0.39 is 38.4 Å². The van der Waals surface area contributed by atoms with Gasteiger partial charge in [0.25, 0.3) is 10.1 Å². The molecule has 5 aromatic rings. The normalized spacial score (nSPS) is 12.0. The van der Waals surface area contributed by atoms with Crippen molar-refractivity contribution in [2.45, 2.75) is 4.90 Å². The fourth-order valence-electron chi connectivity index (χ4n) is 4.39. The summed E-state index contributed by atoms with van der Waals surface area (Å²) in [6, 6.07) is 16.4. The number of phenols is 1. The van der Waals surface area contributed by atoms with Crippen LogP contribution in [-0.4, -0.2) is 47.3 Å². The van der Waals surface area contributed by atoms with Crippen LogP contribution in [0.4, 0.5) is 28.4 Å². The maximum atomic E-state index is 12.2. The number of ether oxygens (including phenoxy) is 1. The second-order valence-corrected chi connectivity index (χ2v) is 10.7. The van der Waals surface area contributed by atoms with Gasteiger partial charge < -0.3 is 25.8 Å². The minimum atomic E-state index is -4.86. The number of aromatic carboxylic acids is 2. The quantitative estimate of drug-likeness (QED) is 0.0698. The molecule has 0 saturated heterocycles. The third-order valence-electron chi connectivity index (χ3n) is 6.52. The average Bonchev–Trinajstić information content (AvgIpc) is 2.98. The number of hydrogen-bond acceptors (Lipinski definition) is 11. The molecule has 0 heterocycles. The number of carboxylic acids is 2. The average molecular weight is 616 g/mol. The number of nitrogens with zero attached hydrogens (tertiary/aromatic N) is 4. The van der Waals surface area contributed by atoms with Gasteiger partial charge in [0.2, 0.25) is 0 Å². The highest BCUT2D eigenvalue weighted by Crippen LogP contribution is 2.43. The number of nitrogen functional groups attached to an aromatic ring is 1. The van der Waals surface area contributed by atoms with Crippen molar-refractivity contribution in [3.8, 4) is 11.5 Å². The summed E-state index contributed by atoms with van der Waals surface area (Å²) in [6.07, 6.45) is 0. The van der Waals surface area contributed by atoms with Crippen molar-refractivity contribution in [3.63, 3.8) is 0 Å². The molecule has 5 rings (SSSR count). The lowest BCUT2D eigenvalue weighted by Gasteiger charge is -2.10. The smallest absolute Gasteiger partial charge is 0.335 e. The summed E-state index contributed by atoms with van der Waals surface area (Å²) in [5.74, 6) is -2.76. The number of aromatic hydroxyl groups is 1. The van der Waals surface area contributed by atoms with E-state index in [2.05, 4.69) is 20.5 Å². The van der Waals surface area contributed by atoms with Crippen molar-refractivity contribution in [1.29, 1.82) is 0 Å².